The molecule has 0 radical (unpaired) electrons. The van der Waals surface area contributed by atoms with Gasteiger partial charge in [-0.2, -0.15) is 0 Å². The van der Waals surface area contributed by atoms with E-state index in [0.29, 0.717) is 0 Å². The van der Waals surface area contributed by atoms with Crippen LogP contribution in [0.25, 0.3) is 10.8 Å². The first kappa shape index (κ1) is 19.2. The molecule has 2 unspecified atom stereocenters. The minimum atomic E-state index is -3.57. The lowest BCUT2D eigenvalue weighted by Gasteiger charge is -2.16. The van der Waals surface area contributed by atoms with E-state index in [9.17, 15) is 19.0 Å². The maximum atomic E-state index is 12.5. The van der Waals surface area contributed by atoms with Gasteiger partial charge < -0.3 is 15.1 Å². The molecule has 0 aromatic heterocycles. The standard InChI is InChI=1S/C18H21O6P/c19-17(20)9-8-14(18(21)22)10-11-25(23,24)12-15-6-3-5-13-4-1-2-7-16(13)15/h1-7,14H,8-12H2,(H,19,20)(H,21,22)(H,23,24). The van der Waals surface area contributed by atoms with Crippen molar-refractivity contribution in [3.8, 4) is 0 Å². The monoisotopic (exact) mass is 364 g/mol. The highest BCUT2D eigenvalue weighted by Gasteiger charge is 2.25. The molecular weight excluding hydrogens is 343 g/mol. The average Bonchev–Trinajstić information content (AvgIpc) is 2.54. The maximum absolute atomic E-state index is 12.5. The van der Waals surface area contributed by atoms with E-state index in [1.807, 2.05) is 36.4 Å². The van der Waals surface area contributed by atoms with Gasteiger partial charge in [0.1, 0.15) is 0 Å². The van der Waals surface area contributed by atoms with Crippen LogP contribution in [0.4, 0.5) is 0 Å². The Morgan fingerprint density at radius 2 is 1.68 bits per heavy atom. The van der Waals surface area contributed by atoms with E-state index in [4.69, 9.17) is 10.2 Å². The second kappa shape index (κ2) is 8.28. The lowest BCUT2D eigenvalue weighted by molar-refractivity contribution is -0.143. The van der Waals surface area contributed by atoms with Crippen molar-refractivity contribution in [1.29, 1.82) is 0 Å². The van der Waals surface area contributed by atoms with E-state index in [1.54, 1.807) is 6.07 Å². The molecule has 0 heterocycles. The fraction of sp³-hybridized carbons (Fsp3) is 0.333. The van der Waals surface area contributed by atoms with Gasteiger partial charge in [-0.15, -0.1) is 0 Å². The molecule has 0 aliphatic heterocycles. The Balaban J connectivity index is 2.06. The zero-order chi connectivity index (χ0) is 18.4. The third-order valence-corrected chi connectivity index (χ3v) is 5.97. The molecule has 2 atom stereocenters. The minimum Gasteiger partial charge on any atom is -0.481 e. The summed E-state index contributed by atoms with van der Waals surface area (Å²) >= 11 is 0. The van der Waals surface area contributed by atoms with E-state index in [-0.39, 0.29) is 31.6 Å². The van der Waals surface area contributed by atoms with Gasteiger partial charge in [0.05, 0.1) is 12.1 Å². The number of benzene rings is 2. The number of fused-ring (bicyclic) bond motifs is 1. The van der Waals surface area contributed by atoms with Gasteiger partial charge in [-0.25, -0.2) is 0 Å². The smallest absolute Gasteiger partial charge is 0.306 e. The second-order valence-electron chi connectivity index (χ2n) is 6.12. The molecule has 7 heteroatoms. The highest BCUT2D eigenvalue weighted by Crippen LogP contribution is 2.47. The Bertz CT molecular complexity index is 811. The van der Waals surface area contributed by atoms with Crippen LogP contribution in [0, 0.1) is 5.92 Å². The zero-order valence-corrected chi connectivity index (χ0v) is 14.6. The number of hydrogen-bond acceptors (Lipinski definition) is 3. The fourth-order valence-electron chi connectivity index (χ4n) is 2.82. The molecule has 2 aromatic carbocycles. The topological polar surface area (TPSA) is 112 Å². The van der Waals surface area contributed by atoms with Crippen molar-refractivity contribution in [3.63, 3.8) is 0 Å². The van der Waals surface area contributed by atoms with Crippen molar-refractivity contribution in [2.45, 2.75) is 25.4 Å². The molecule has 0 amide bonds. The summed E-state index contributed by atoms with van der Waals surface area (Å²) in [6, 6.07) is 13.1. The lowest BCUT2D eigenvalue weighted by Crippen LogP contribution is -2.17. The second-order valence-corrected chi connectivity index (χ2v) is 8.58. The van der Waals surface area contributed by atoms with Gasteiger partial charge in [-0.1, -0.05) is 42.5 Å². The lowest BCUT2D eigenvalue weighted by atomic mass is 10.0. The summed E-state index contributed by atoms with van der Waals surface area (Å²) in [6.07, 6.45) is -0.497. The molecule has 0 aliphatic carbocycles. The van der Waals surface area contributed by atoms with Gasteiger partial charge in [-0.05, 0) is 29.2 Å². The van der Waals surface area contributed by atoms with E-state index in [2.05, 4.69) is 0 Å². The Labute approximate surface area is 145 Å². The van der Waals surface area contributed by atoms with E-state index in [0.717, 1.165) is 16.3 Å². The largest absolute Gasteiger partial charge is 0.481 e. The summed E-state index contributed by atoms with van der Waals surface area (Å²) in [4.78, 5) is 32.1. The molecule has 0 fully saturated rings. The summed E-state index contributed by atoms with van der Waals surface area (Å²) in [5.74, 6) is -3.13. The number of carboxylic acids is 2. The van der Waals surface area contributed by atoms with Crippen molar-refractivity contribution >= 4 is 30.1 Å². The Morgan fingerprint density at radius 1 is 1.00 bits per heavy atom. The summed E-state index contributed by atoms with van der Waals surface area (Å²) in [5.41, 5.74) is 0.751. The van der Waals surface area contributed by atoms with Crippen LogP contribution in [0.5, 0.6) is 0 Å². The molecule has 0 saturated carbocycles. The van der Waals surface area contributed by atoms with Gasteiger partial charge in [0, 0.05) is 12.6 Å². The van der Waals surface area contributed by atoms with Crippen molar-refractivity contribution in [2.24, 2.45) is 5.92 Å². The van der Waals surface area contributed by atoms with Crippen LogP contribution in [0.2, 0.25) is 0 Å². The number of rotatable bonds is 9. The van der Waals surface area contributed by atoms with Crippen LogP contribution in [0.15, 0.2) is 42.5 Å². The Morgan fingerprint density at radius 3 is 2.36 bits per heavy atom. The number of aliphatic carboxylic acids is 2. The summed E-state index contributed by atoms with van der Waals surface area (Å²) in [5, 5.41) is 19.7. The minimum absolute atomic E-state index is 0.0127. The average molecular weight is 364 g/mol. The summed E-state index contributed by atoms with van der Waals surface area (Å²) < 4.78 is 12.5. The van der Waals surface area contributed by atoms with Crippen molar-refractivity contribution in [1.82, 2.24) is 0 Å². The molecule has 2 aromatic rings. The van der Waals surface area contributed by atoms with Crippen molar-refractivity contribution in [3.05, 3.63) is 48.0 Å². The quantitative estimate of drug-likeness (QED) is 0.587. The molecule has 2 rings (SSSR count). The number of carboxylic acid groups (broad SMARTS) is 2. The highest BCUT2D eigenvalue weighted by atomic mass is 31.2. The van der Waals surface area contributed by atoms with Gasteiger partial charge in [0.2, 0.25) is 7.37 Å². The van der Waals surface area contributed by atoms with E-state index in [1.165, 1.54) is 0 Å². The molecule has 0 bridgehead atoms. The molecule has 6 nitrogen and oxygen atoms in total. The van der Waals surface area contributed by atoms with Crippen LogP contribution in [-0.4, -0.2) is 33.2 Å². The van der Waals surface area contributed by atoms with Gasteiger partial charge >= 0.3 is 11.9 Å². The molecule has 0 saturated heterocycles. The van der Waals surface area contributed by atoms with Crippen LogP contribution in [0.1, 0.15) is 24.8 Å². The van der Waals surface area contributed by atoms with E-state index < -0.39 is 25.2 Å². The molecule has 0 spiro atoms. The first-order chi connectivity index (χ1) is 11.8. The predicted octanol–water partition coefficient (Wildman–Crippen LogP) is 3.57. The zero-order valence-electron chi connectivity index (χ0n) is 13.7. The SMILES string of the molecule is O=C(O)CCC(CCP(=O)(O)Cc1cccc2ccccc12)C(=O)O. The normalized spacial score (nSPS) is 14.8. The molecule has 0 aliphatic rings. The number of hydrogen-bond donors (Lipinski definition) is 3. The third-order valence-electron chi connectivity index (χ3n) is 4.18. The first-order valence-corrected chi connectivity index (χ1v) is 10.0. The molecule has 25 heavy (non-hydrogen) atoms. The first-order valence-electron chi connectivity index (χ1n) is 8.00. The Hall–Kier alpha value is -2.17. The van der Waals surface area contributed by atoms with Gasteiger partial charge in [-0.3, -0.25) is 14.2 Å². The van der Waals surface area contributed by atoms with Crippen LogP contribution >= 0.6 is 7.37 Å². The third kappa shape index (κ3) is 5.69. The fourth-order valence-corrected chi connectivity index (χ4v) is 4.50. The van der Waals surface area contributed by atoms with Crippen LogP contribution < -0.4 is 0 Å². The Kier molecular flexibility index (Phi) is 6.34. The molecule has 3 N–H and O–H groups in total. The van der Waals surface area contributed by atoms with Gasteiger partial charge in [0.15, 0.2) is 0 Å². The van der Waals surface area contributed by atoms with Crippen molar-refractivity contribution in [2.75, 3.05) is 6.16 Å². The van der Waals surface area contributed by atoms with Gasteiger partial charge in [0.25, 0.3) is 0 Å². The molecule has 134 valence electrons. The van der Waals surface area contributed by atoms with Crippen LogP contribution in [0.3, 0.4) is 0 Å². The number of carbonyl (C=O) groups is 2. The summed E-state index contributed by atoms with van der Waals surface area (Å²) in [7, 11) is -3.57. The molecular formula is C18H21O6P. The summed E-state index contributed by atoms with van der Waals surface area (Å²) in [6.45, 7) is 0. The maximum Gasteiger partial charge on any atom is 0.306 e. The van der Waals surface area contributed by atoms with Crippen LogP contribution in [-0.2, 0) is 20.3 Å². The van der Waals surface area contributed by atoms with E-state index >= 15 is 0 Å². The highest BCUT2D eigenvalue weighted by molar-refractivity contribution is 7.57. The predicted molar refractivity (Wildman–Crippen MR) is 95.0 cm³/mol. The van der Waals surface area contributed by atoms with Crippen molar-refractivity contribution < 1.29 is 29.3 Å².